The number of hydrogen-bond donors (Lipinski definition) is 0. The zero-order chi connectivity index (χ0) is 13.1. The second-order valence-electron chi connectivity index (χ2n) is 3.46. The molecule has 0 aliphatic carbocycles. The molecule has 7 nitrogen and oxygen atoms in total. The Labute approximate surface area is 98.8 Å². The molecule has 0 aliphatic heterocycles. The first kappa shape index (κ1) is 15.1. The number of Topliss-reactive ketones (excluding diaryl/α,β-unsaturated/α-hetero) is 2. The van der Waals surface area contributed by atoms with Crippen molar-refractivity contribution in [2.45, 2.75) is 32.6 Å². The minimum absolute atomic E-state index is 0.0703. The highest BCUT2D eigenvalue weighted by Gasteiger charge is 2.08. The Morgan fingerprint density at radius 3 is 2.53 bits per heavy atom. The topological polar surface area (TPSA) is 109 Å². The summed E-state index contributed by atoms with van der Waals surface area (Å²) >= 11 is 0. The maximum Gasteiger partial charge on any atom is 0.306 e. The van der Waals surface area contributed by atoms with Crippen molar-refractivity contribution in [1.29, 1.82) is 0 Å². The highest BCUT2D eigenvalue weighted by Crippen LogP contribution is 1.97. The van der Waals surface area contributed by atoms with Crippen molar-refractivity contribution < 1.29 is 19.1 Å². The number of ketones is 2. The summed E-state index contributed by atoms with van der Waals surface area (Å²) in [7, 11) is 0. The van der Waals surface area contributed by atoms with E-state index < -0.39 is 5.97 Å². The van der Waals surface area contributed by atoms with E-state index in [0.717, 1.165) is 0 Å². The normalized spacial score (nSPS) is 9.24. The molecule has 0 aromatic heterocycles. The van der Waals surface area contributed by atoms with Gasteiger partial charge in [-0.25, -0.2) is 0 Å². The van der Waals surface area contributed by atoms with Crippen molar-refractivity contribution in [1.82, 2.24) is 0 Å². The van der Waals surface area contributed by atoms with Crippen molar-refractivity contribution in [3.8, 4) is 0 Å². The van der Waals surface area contributed by atoms with E-state index in [9.17, 15) is 14.4 Å². The summed E-state index contributed by atoms with van der Waals surface area (Å²) in [5.41, 5.74) is 7.98. The molecule has 0 bridgehead atoms. The van der Waals surface area contributed by atoms with E-state index in [-0.39, 0.29) is 44.0 Å². The third-order valence-corrected chi connectivity index (χ3v) is 1.85. The lowest BCUT2D eigenvalue weighted by molar-refractivity contribution is -0.148. The summed E-state index contributed by atoms with van der Waals surface area (Å²) in [6.45, 7) is 1.33. The molecule has 0 amide bonds. The molecule has 0 aromatic carbocycles. The molecule has 0 saturated carbocycles. The van der Waals surface area contributed by atoms with Gasteiger partial charge in [0.25, 0.3) is 0 Å². The first-order valence-corrected chi connectivity index (χ1v) is 5.24. The molecular formula is C10H15N3O4. The smallest absolute Gasteiger partial charge is 0.306 e. The van der Waals surface area contributed by atoms with E-state index in [2.05, 4.69) is 14.8 Å². The third kappa shape index (κ3) is 10.4. The average Bonchev–Trinajstić information content (AvgIpc) is 2.29. The van der Waals surface area contributed by atoms with Gasteiger partial charge in [0.2, 0.25) is 0 Å². The molecule has 7 heteroatoms. The lowest BCUT2D eigenvalue weighted by Gasteiger charge is -2.02. The van der Waals surface area contributed by atoms with Gasteiger partial charge in [-0.15, -0.1) is 0 Å². The van der Waals surface area contributed by atoms with E-state index in [1.54, 1.807) is 0 Å². The fourth-order valence-electron chi connectivity index (χ4n) is 0.960. The van der Waals surface area contributed by atoms with Gasteiger partial charge in [-0.05, 0) is 18.9 Å². The second kappa shape index (κ2) is 9.35. The van der Waals surface area contributed by atoms with Crippen molar-refractivity contribution >= 4 is 17.5 Å². The highest BCUT2D eigenvalue weighted by molar-refractivity contribution is 5.86. The molecule has 17 heavy (non-hydrogen) atoms. The summed E-state index contributed by atoms with van der Waals surface area (Å²) in [6.07, 6.45) is 0.776. The van der Waals surface area contributed by atoms with Gasteiger partial charge in [0, 0.05) is 30.7 Å². The van der Waals surface area contributed by atoms with Gasteiger partial charge < -0.3 is 9.53 Å². The van der Waals surface area contributed by atoms with Gasteiger partial charge in [-0.2, -0.15) is 0 Å². The molecule has 0 fully saturated rings. The standard InChI is InChI=1S/C10H15N3O4/c1-8(14)4-5-9(15)7-17-10(16)3-2-6-12-13-11/h2-7H2,1H3. The first-order valence-electron chi connectivity index (χ1n) is 5.24. The van der Waals surface area contributed by atoms with Crippen LogP contribution in [0.15, 0.2) is 5.11 Å². The summed E-state index contributed by atoms with van der Waals surface area (Å²) in [5, 5.41) is 3.26. The molecule has 0 aromatic rings. The van der Waals surface area contributed by atoms with Gasteiger partial charge in [0.15, 0.2) is 5.78 Å². The Balaban J connectivity index is 3.58. The van der Waals surface area contributed by atoms with Gasteiger partial charge in [0.1, 0.15) is 12.4 Å². The van der Waals surface area contributed by atoms with Gasteiger partial charge in [-0.3, -0.25) is 9.59 Å². The van der Waals surface area contributed by atoms with Crippen LogP contribution in [-0.4, -0.2) is 30.7 Å². The van der Waals surface area contributed by atoms with Crippen LogP contribution >= 0.6 is 0 Å². The number of ether oxygens (including phenoxy) is 1. The van der Waals surface area contributed by atoms with Crippen LogP contribution in [0.25, 0.3) is 10.4 Å². The number of azide groups is 1. The largest absolute Gasteiger partial charge is 0.458 e. The fourth-order valence-corrected chi connectivity index (χ4v) is 0.960. The van der Waals surface area contributed by atoms with Crippen molar-refractivity contribution in [3.05, 3.63) is 10.4 Å². The maximum absolute atomic E-state index is 11.1. The monoisotopic (exact) mass is 241 g/mol. The molecule has 0 aliphatic rings. The molecule has 0 N–H and O–H groups in total. The molecule has 0 unspecified atom stereocenters. The van der Waals surface area contributed by atoms with Crippen LogP contribution in [0.5, 0.6) is 0 Å². The number of carbonyl (C=O) groups excluding carboxylic acids is 3. The van der Waals surface area contributed by atoms with Crippen molar-refractivity contribution in [2.24, 2.45) is 5.11 Å². The minimum atomic E-state index is -0.505. The Morgan fingerprint density at radius 1 is 1.24 bits per heavy atom. The number of hydrogen-bond acceptors (Lipinski definition) is 5. The molecule has 0 spiro atoms. The summed E-state index contributed by atoms with van der Waals surface area (Å²) < 4.78 is 4.68. The van der Waals surface area contributed by atoms with Crippen molar-refractivity contribution in [2.75, 3.05) is 13.2 Å². The lowest BCUT2D eigenvalue weighted by Crippen LogP contribution is -2.14. The molecule has 94 valence electrons. The Morgan fingerprint density at radius 2 is 1.94 bits per heavy atom. The predicted octanol–water partition coefficient (Wildman–Crippen LogP) is 1.56. The average molecular weight is 241 g/mol. The Kier molecular flexibility index (Phi) is 8.32. The lowest BCUT2D eigenvalue weighted by atomic mass is 10.2. The highest BCUT2D eigenvalue weighted by atomic mass is 16.5. The number of carbonyl (C=O) groups is 3. The van der Waals surface area contributed by atoms with Gasteiger partial charge >= 0.3 is 5.97 Å². The second-order valence-corrected chi connectivity index (χ2v) is 3.46. The van der Waals surface area contributed by atoms with Crippen LogP contribution in [0.4, 0.5) is 0 Å². The van der Waals surface area contributed by atoms with Crippen LogP contribution in [0.2, 0.25) is 0 Å². The van der Waals surface area contributed by atoms with Gasteiger partial charge in [-0.1, -0.05) is 5.11 Å². The van der Waals surface area contributed by atoms with Crippen LogP contribution in [0.3, 0.4) is 0 Å². The predicted molar refractivity (Wildman–Crippen MR) is 59.1 cm³/mol. The van der Waals surface area contributed by atoms with Gasteiger partial charge in [0.05, 0.1) is 0 Å². The molecule has 0 saturated heterocycles. The summed E-state index contributed by atoms with van der Waals surface area (Å²) in [4.78, 5) is 35.3. The zero-order valence-corrected chi connectivity index (χ0v) is 9.72. The quantitative estimate of drug-likeness (QED) is 0.200. The van der Waals surface area contributed by atoms with E-state index in [1.807, 2.05) is 0 Å². The molecule has 0 rings (SSSR count). The molecule has 0 radical (unpaired) electrons. The summed E-state index contributed by atoms with van der Waals surface area (Å²) in [5.74, 6) is -0.850. The minimum Gasteiger partial charge on any atom is -0.458 e. The third-order valence-electron chi connectivity index (χ3n) is 1.85. The maximum atomic E-state index is 11.1. The van der Waals surface area contributed by atoms with Crippen LogP contribution in [-0.2, 0) is 19.1 Å². The number of nitrogens with zero attached hydrogens (tertiary/aromatic N) is 3. The van der Waals surface area contributed by atoms with Crippen LogP contribution < -0.4 is 0 Å². The molecule has 0 heterocycles. The zero-order valence-electron chi connectivity index (χ0n) is 9.72. The van der Waals surface area contributed by atoms with E-state index in [4.69, 9.17) is 5.53 Å². The van der Waals surface area contributed by atoms with Crippen LogP contribution in [0.1, 0.15) is 32.6 Å². The Hall–Kier alpha value is -1.88. The first-order chi connectivity index (χ1) is 8.06. The van der Waals surface area contributed by atoms with E-state index in [1.165, 1.54) is 6.92 Å². The van der Waals surface area contributed by atoms with E-state index in [0.29, 0.717) is 6.42 Å². The van der Waals surface area contributed by atoms with Crippen molar-refractivity contribution in [3.63, 3.8) is 0 Å². The summed E-state index contributed by atoms with van der Waals surface area (Å²) in [6, 6.07) is 0. The van der Waals surface area contributed by atoms with Crippen LogP contribution in [0, 0.1) is 0 Å². The number of rotatable bonds is 9. The number of esters is 1. The molecule has 0 atom stereocenters. The SMILES string of the molecule is CC(=O)CCC(=O)COC(=O)CCCN=[N+]=[N-]. The molecular weight excluding hydrogens is 226 g/mol. The van der Waals surface area contributed by atoms with E-state index >= 15 is 0 Å². The fraction of sp³-hybridized carbons (Fsp3) is 0.700. The Bertz CT molecular complexity index is 334.